The molecule has 14 aromatic rings. The molecule has 5 heteroatoms. The third-order valence-electron chi connectivity index (χ3n) is 28.6. The molecule has 4 atom stereocenters. The Bertz CT molecular complexity index is 6800. The number of hydrogen-bond acceptors (Lipinski definition) is 4. The van der Waals surface area contributed by atoms with Gasteiger partial charge in [-0.15, -0.1) is 0 Å². The lowest BCUT2D eigenvalue weighted by Gasteiger charge is -2.47. The van der Waals surface area contributed by atoms with Crippen LogP contribution in [0.1, 0.15) is 38.8 Å². The highest BCUT2D eigenvalue weighted by molar-refractivity contribution is 7.00. The van der Waals surface area contributed by atoms with Gasteiger partial charge in [0, 0.05) is 114 Å². The lowest BCUT2D eigenvalue weighted by Crippen LogP contribution is -2.61. The highest BCUT2D eigenvalue weighted by atomic mass is 15.2. The molecule has 0 saturated carbocycles. The van der Waals surface area contributed by atoms with Gasteiger partial charge in [-0.25, -0.2) is 0 Å². The van der Waals surface area contributed by atoms with Crippen molar-refractivity contribution in [3.05, 3.63) is 533 Å². The highest BCUT2D eigenvalue weighted by Gasteiger charge is 2.49. The first-order valence-corrected chi connectivity index (χ1v) is 44.9. The van der Waals surface area contributed by atoms with E-state index >= 15 is 0 Å². The Morgan fingerprint density at radius 2 is 0.575 bits per heavy atom. The summed E-state index contributed by atoms with van der Waals surface area (Å²) in [6, 6.07) is 134. The summed E-state index contributed by atoms with van der Waals surface area (Å²) in [5.74, 6) is 0.465. The maximum absolute atomic E-state index is 2.71. The topological polar surface area (TPSA) is 13.0 Å². The molecule has 2 heterocycles. The van der Waals surface area contributed by atoms with Gasteiger partial charge in [0.25, 0.3) is 6.71 Å². The third kappa shape index (κ3) is 12.4. The van der Waals surface area contributed by atoms with Crippen LogP contribution in [-0.2, 0) is 10.8 Å². The van der Waals surface area contributed by atoms with Crippen molar-refractivity contribution >= 4 is 80.0 Å². The van der Waals surface area contributed by atoms with Crippen LogP contribution in [0.5, 0.6) is 0 Å². The fraction of sp³-hybridized carbons (Fsp3) is 0.0820. The number of fused-ring (bicyclic) bond motifs is 4. The summed E-state index contributed by atoms with van der Waals surface area (Å²) in [4.78, 5) is 10.6. The molecular formula is C122H91BN4. The van der Waals surface area contributed by atoms with Gasteiger partial charge in [0.1, 0.15) is 0 Å². The van der Waals surface area contributed by atoms with Crippen LogP contribution in [0.2, 0.25) is 0 Å². The summed E-state index contributed by atoms with van der Waals surface area (Å²) in [6.45, 7) is 9.18. The average Bonchev–Trinajstić information content (AvgIpc) is 0.685. The molecule has 0 fully saturated rings. The van der Waals surface area contributed by atoms with Crippen molar-refractivity contribution in [2.45, 2.75) is 38.5 Å². The zero-order valence-electron chi connectivity index (χ0n) is 71.5. The van der Waals surface area contributed by atoms with Gasteiger partial charge < -0.3 is 19.6 Å². The molecule has 0 bridgehead atoms. The largest absolute Gasteiger partial charge is 0.310 e. The van der Waals surface area contributed by atoms with E-state index in [1.165, 1.54) is 83.2 Å². The van der Waals surface area contributed by atoms with Gasteiger partial charge in [0.2, 0.25) is 0 Å². The fourth-order valence-corrected chi connectivity index (χ4v) is 22.2. The van der Waals surface area contributed by atoms with Gasteiger partial charge in [-0.2, -0.15) is 0 Å². The lowest BCUT2D eigenvalue weighted by atomic mass is 9.33. The number of nitrogens with zero attached hydrogens (tertiary/aromatic N) is 4. The Morgan fingerprint density at radius 3 is 0.937 bits per heavy atom. The fourth-order valence-electron chi connectivity index (χ4n) is 22.2. The minimum atomic E-state index is -0.322. The molecule has 602 valence electrons. The van der Waals surface area contributed by atoms with E-state index in [-0.39, 0.29) is 41.2 Å². The monoisotopic (exact) mass is 1620 g/mol. The van der Waals surface area contributed by atoms with Crippen LogP contribution in [0.15, 0.2) is 522 Å². The minimum absolute atomic E-state index is 0.0869. The van der Waals surface area contributed by atoms with Crippen LogP contribution in [0.3, 0.4) is 0 Å². The average molecular weight is 1620 g/mol. The molecule has 4 nitrogen and oxygen atoms in total. The third-order valence-corrected chi connectivity index (χ3v) is 28.6. The van der Waals surface area contributed by atoms with E-state index in [1.807, 2.05) is 0 Å². The maximum Gasteiger partial charge on any atom is 0.252 e. The second-order valence-corrected chi connectivity index (χ2v) is 36.2. The van der Waals surface area contributed by atoms with Crippen molar-refractivity contribution in [2.75, 3.05) is 19.6 Å². The predicted molar refractivity (Wildman–Crippen MR) is 533 cm³/mol. The summed E-state index contributed by atoms with van der Waals surface area (Å²) in [5, 5.41) is 0. The summed E-state index contributed by atoms with van der Waals surface area (Å²) >= 11 is 0. The second-order valence-electron chi connectivity index (χ2n) is 36.2. The van der Waals surface area contributed by atoms with Crippen LogP contribution in [-0.4, -0.2) is 6.71 Å². The molecule has 0 aromatic heterocycles. The summed E-state index contributed by atoms with van der Waals surface area (Å²) in [7, 11) is 0. The predicted octanol–water partition coefficient (Wildman–Crippen LogP) is 29.1. The number of hydrogen-bond donors (Lipinski definition) is 0. The number of benzene rings is 14. The van der Waals surface area contributed by atoms with Gasteiger partial charge in [-0.05, 0) is 189 Å². The van der Waals surface area contributed by atoms with Crippen LogP contribution < -0.4 is 36.0 Å². The van der Waals surface area contributed by atoms with E-state index < -0.39 is 0 Å². The summed E-state index contributed by atoms with van der Waals surface area (Å²) < 4.78 is 0. The van der Waals surface area contributed by atoms with E-state index in [2.05, 4.69) is 502 Å². The molecule has 0 spiro atoms. The van der Waals surface area contributed by atoms with Crippen molar-refractivity contribution in [1.82, 2.24) is 0 Å². The Kier molecular flexibility index (Phi) is 18.0. The van der Waals surface area contributed by atoms with Gasteiger partial charge in [-0.3, -0.25) is 0 Å². The number of rotatable bonds is 17. The molecule has 0 N–H and O–H groups in total. The van der Waals surface area contributed by atoms with E-state index in [1.54, 1.807) is 0 Å². The molecule has 8 aliphatic carbocycles. The molecule has 127 heavy (non-hydrogen) atoms. The van der Waals surface area contributed by atoms with E-state index in [9.17, 15) is 0 Å². The molecule has 0 saturated heterocycles. The minimum Gasteiger partial charge on any atom is -0.310 e. The van der Waals surface area contributed by atoms with Gasteiger partial charge in [-0.1, -0.05) is 410 Å². The highest BCUT2D eigenvalue weighted by Crippen LogP contribution is 2.60. The quantitative estimate of drug-likeness (QED) is 0.0843. The number of allylic oxidation sites excluding steroid dienone is 26. The summed E-state index contributed by atoms with van der Waals surface area (Å²) in [5.41, 5.74) is 43.5. The van der Waals surface area contributed by atoms with E-state index in [0.29, 0.717) is 0 Å². The zero-order chi connectivity index (χ0) is 84.6. The Hall–Kier alpha value is -15.3. The standard InChI is InChI=1S/C122H91BN4/c1-121(2,92-44-24-10-25-45-92)94-72-87-58-56-85-62-70-108(104-66-60-89(74-94)114(87)116(85)104)124(96-48-28-12-29-49-96)98-64-68-106-110(78-98)126(119-100(81-36-16-6-17-37-81)52-32-53-101(119)82-38-18-7-19-39-82)112-76-91(80-34-14-5-15-35-80)77-113-118(112)123(106)107-69-65-99(79-111(107)127(113)120-102(83-40-20-8-21-41-83)54-33-55-103(120)84-42-22-9-23-43-84)125(97-50-30-13-31-51-97)109-71-63-86-57-59-88-73-95(122(3,4)93-46-26-11-27-47-93)75-90-61-67-105(109)117(86)115(88)90/h5-79,114-117H,1-4H3. The molecule has 10 aliphatic rings. The zero-order valence-corrected chi connectivity index (χ0v) is 71.5. The van der Waals surface area contributed by atoms with Crippen molar-refractivity contribution in [1.29, 1.82) is 0 Å². The molecule has 14 aromatic carbocycles. The van der Waals surface area contributed by atoms with Crippen LogP contribution in [0.25, 0.3) is 55.6 Å². The van der Waals surface area contributed by atoms with Crippen molar-refractivity contribution < 1.29 is 0 Å². The van der Waals surface area contributed by atoms with Crippen LogP contribution in [0, 0.1) is 23.7 Å². The Labute approximate surface area is 745 Å². The lowest BCUT2D eigenvalue weighted by molar-refractivity contribution is 0.544. The first kappa shape index (κ1) is 75.4. The smallest absolute Gasteiger partial charge is 0.252 e. The number of para-hydroxylation sites is 4. The van der Waals surface area contributed by atoms with Crippen molar-refractivity contribution in [3.63, 3.8) is 0 Å². The first-order valence-electron chi connectivity index (χ1n) is 44.9. The number of anilines is 10. The van der Waals surface area contributed by atoms with Crippen molar-refractivity contribution in [3.8, 4) is 55.6 Å². The Balaban J connectivity index is 0.775. The first-order chi connectivity index (χ1) is 62.5. The molecule has 2 aliphatic heterocycles. The van der Waals surface area contributed by atoms with Gasteiger partial charge in [0.15, 0.2) is 0 Å². The van der Waals surface area contributed by atoms with Crippen LogP contribution in [0.4, 0.5) is 56.9 Å². The Morgan fingerprint density at radius 1 is 0.252 bits per heavy atom. The molecule has 0 amide bonds. The van der Waals surface area contributed by atoms with Gasteiger partial charge in [0.05, 0.1) is 11.4 Å². The molecule has 4 unspecified atom stereocenters. The van der Waals surface area contributed by atoms with E-state index in [4.69, 9.17) is 0 Å². The molecular weight excluding hydrogens is 1530 g/mol. The maximum atomic E-state index is 2.71. The molecule has 0 radical (unpaired) electrons. The normalized spacial score (nSPS) is 18.1. The SMILES string of the molecule is CC(C)(C1=CC2=CC=C3C(N(c4ccccc4)c4ccc5c(c4)N(c4c(-c6ccccc6)cccc4-c4ccccc4)c4cc(-c6ccccc6)cc6c4B5c4ccc(N(C5=CC=C7C=CC8=CC(C(C)(C)c9ccccc9)=CC9=CC=C5C7C98)c5ccccc5)cc4N6c4c(-c5ccccc5)cccc4-c4ccccc4)=CC=C4C=CC(=C1)C2C43)c1ccccc1. The van der Waals surface area contributed by atoms with Crippen molar-refractivity contribution in [2.24, 2.45) is 23.7 Å². The van der Waals surface area contributed by atoms with E-state index in [0.717, 1.165) is 124 Å². The second kappa shape index (κ2) is 30.3. The van der Waals surface area contributed by atoms with Crippen LogP contribution >= 0.6 is 0 Å². The van der Waals surface area contributed by atoms with Gasteiger partial charge >= 0.3 is 0 Å². The summed E-state index contributed by atoms with van der Waals surface area (Å²) in [6.07, 6.45) is 39.0. The molecule has 24 rings (SSSR count).